The van der Waals surface area contributed by atoms with Crippen LogP contribution in [0, 0.1) is 16.7 Å². The highest BCUT2D eigenvalue weighted by Crippen LogP contribution is 2.47. The molecule has 0 aliphatic rings. The van der Waals surface area contributed by atoms with Crippen LogP contribution in [-0.2, 0) is 10.8 Å². The minimum Gasteiger partial charge on any atom is -0.0649 e. The first-order valence-corrected chi connectivity index (χ1v) is 9.78. The van der Waals surface area contributed by atoms with E-state index in [1.165, 1.54) is 24.0 Å². The van der Waals surface area contributed by atoms with Crippen LogP contribution in [-0.4, -0.2) is 0 Å². The fraction of sp³-hybridized carbons (Fsp3) is 0.750. The van der Waals surface area contributed by atoms with Crippen molar-refractivity contribution in [2.75, 3.05) is 0 Å². The van der Waals surface area contributed by atoms with Crippen LogP contribution in [0.25, 0.3) is 0 Å². The number of hydrogen-bond donors (Lipinski definition) is 0. The zero-order chi connectivity index (χ0) is 19.0. The van der Waals surface area contributed by atoms with Gasteiger partial charge in [-0.25, -0.2) is 0 Å². The van der Waals surface area contributed by atoms with Crippen LogP contribution in [0.5, 0.6) is 0 Å². The first-order valence-electron chi connectivity index (χ1n) is 9.78. The second kappa shape index (κ2) is 6.85. The van der Waals surface area contributed by atoms with E-state index in [1.54, 1.807) is 0 Å². The maximum atomic E-state index is 2.48. The molecule has 0 N–H and O–H groups in total. The highest BCUT2D eigenvalue weighted by Gasteiger charge is 2.41. The molecule has 0 amide bonds. The Morgan fingerprint density at radius 1 is 0.833 bits per heavy atom. The van der Waals surface area contributed by atoms with Gasteiger partial charge in [0.25, 0.3) is 0 Å². The summed E-state index contributed by atoms with van der Waals surface area (Å²) in [7, 11) is 0. The number of rotatable bonds is 7. The molecular weight excluding hydrogens is 288 g/mol. The van der Waals surface area contributed by atoms with Crippen molar-refractivity contribution >= 4 is 0 Å². The fourth-order valence-corrected chi connectivity index (χ4v) is 3.85. The van der Waals surface area contributed by atoms with Gasteiger partial charge in [0.1, 0.15) is 0 Å². The molecule has 0 aromatic heterocycles. The summed E-state index contributed by atoms with van der Waals surface area (Å²) >= 11 is 0. The van der Waals surface area contributed by atoms with Gasteiger partial charge >= 0.3 is 0 Å². The molecule has 0 saturated heterocycles. The van der Waals surface area contributed by atoms with Crippen molar-refractivity contribution in [3.8, 4) is 0 Å². The van der Waals surface area contributed by atoms with Gasteiger partial charge in [-0.2, -0.15) is 0 Å². The van der Waals surface area contributed by atoms with Crippen molar-refractivity contribution in [1.82, 2.24) is 0 Å². The molecule has 1 rings (SSSR count). The van der Waals surface area contributed by atoms with Gasteiger partial charge in [-0.05, 0) is 45.1 Å². The average molecular weight is 331 g/mol. The van der Waals surface area contributed by atoms with Crippen LogP contribution < -0.4 is 0 Å². The molecule has 1 aromatic carbocycles. The second-order valence-corrected chi connectivity index (χ2v) is 10.7. The first kappa shape index (κ1) is 21.3. The van der Waals surface area contributed by atoms with Crippen LogP contribution in [0.1, 0.15) is 100 Å². The van der Waals surface area contributed by atoms with Crippen molar-refractivity contribution in [3.63, 3.8) is 0 Å². The number of benzene rings is 1. The van der Waals surface area contributed by atoms with E-state index in [9.17, 15) is 0 Å². The van der Waals surface area contributed by atoms with E-state index in [1.807, 2.05) is 0 Å². The van der Waals surface area contributed by atoms with Gasteiger partial charge in [0.15, 0.2) is 0 Å². The zero-order valence-corrected chi connectivity index (χ0v) is 18.3. The lowest BCUT2D eigenvalue weighted by Gasteiger charge is -2.46. The van der Waals surface area contributed by atoms with Crippen LogP contribution in [0.2, 0.25) is 0 Å². The highest BCUT2D eigenvalue weighted by atomic mass is 14.4. The summed E-state index contributed by atoms with van der Waals surface area (Å²) in [5, 5.41) is 0. The Balaban J connectivity index is 3.28. The first-order chi connectivity index (χ1) is 10.7. The molecule has 0 heterocycles. The Labute approximate surface area is 152 Å². The van der Waals surface area contributed by atoms with Gasteiger partial charge in [-0.3, -0.25) is 0 Å². The molecule has 0 bridgehead atoms. The largest absolute Gasteiger partial charge is 0.0649 e. The fourth-order valence-electron chi connectivity index (χ4n) is 3.85. The van der Waals surface area contributed by atoms with Gasteiger partial charge < -0.3 is 0 Å². The van der Waals surface area contributed by atoms with E-state index in [4.69, 9.17) is 0 Å². The average Bonchev–Trinajstić information content (AvgIpc) is 2.46. The summed E-state index contributed by atoms with van der Waals surface area (Å²) in [6.45, 7) is 26.2. The molecule has 0 atom stereocenters. The smallest absolute Gasteiger partial charge is 0.00499 e. The summed E-state index contributed by atoms with van der Waals surface area (Å²) in [6, 6.07) is 9.40. The lowest BCUT2D eigenvalue weighted by molar-refractivity contribution is 0.125. The minimum absolute atomic E-state index is 0.146. The van der Waals surface area contributed by atoms with Crippen LogP contribution in [0.3, 0.4) is 0 Å². The summed E-state index contributed by atoms with van der Waals surface area (Å²) in [5.41, 5.74) is 3.93. The Morgan fingerprint density at radius 3 is 1.79 bits per heavy atom. The zero-order valence-electron chi connectivity index (χ0n) is 18.3. The summed E-state index contributed by atoms with van der Waals surface area (Å²) < 4.78 is 0. The molecule has 0 aliphatic carbocycles. The van der Waals surface area contributed by atoms with Gasteiger partial charge in [0.05, 0.1) is 0 Å². The van der Waals surface area contributed by atoms with Gasteiger partial charge in [-0.15, -0.1) is 0 Å². The molecule has 0 aliphatic heterocycles. The molecule has 0 unspecified atom stereocenters. The molecule has 0 nitrogen and oxygen atoms in total. The molecule has 0 saturated carbocycles. The van der Waals surface area contributed by atoms with E-state index < -0.39 is 0 Å². The van der Waals surface area contributed by atoms with Crippen molar-refractivity contribution < 1.29 is 0 Å². The normalized spacial score (nSPS) is 14.3. The van der Waals surface area contributed by atoms with Crippen LogP contribution >= 0.6 is 0 Å². The Morgan fingerprint density at radius 2 is 1.33 bits per heavy atom. The lowest BCUT2D eigenvalue weighted by atomic mass is 9.58. The second-order valence-electron chi connectivity index (χ2n) is 10.7. The van der Waals surface area contributed by atoms with Crippen molar-refractivity contribution in [3.05, 3.63) is 35.4 Å². The van der Waals surface area contributed by atoms with E-state index in [0.29, 0.717) is 11.3 Å². The molecule has 0 heteroatoms. The Kier molecular flexibility index (Phi) is 6.07. The van der Waals surface area contributed by atoms with E-state index in [-0.39, 0.29) is 16.2 Å². The third-order valence-electron chi connectivity index (χ3n) is 7.30. The van der Waals surface area contributed by atoms with E-state index in [2.05, 4.69) is 100 Å². The van der Waals surface area contributed by atoms with E-state index in [0.717, 1.165) is 0 Å². The van der Waals surface area contributed by atoms with E-state index >= 15 is 0 Å². The molecule has 0 spiro atoms. The SMILES string of the molecule is CCC(C)(C)CC(C)(C)c1cccc(C(C)(C)C(C)(C)C(C)C)c1. The third kappa shape index (κ3) is 4.24. The quantitative estimate of drug-likeness (QED) is 0.479. The topological polar surface area (TPSA) is 0 Å². The van der Waals surface area contributed by atoms with Gasteiger partial charge in [0, 0.05) is 0 Å². The Hall–Kier alpha value is -0.780. The minimum atomic E-state index is 0.146. The van der Waals surface area contributed by atoms with Gasteiger partial charge in [0.2, 0.25) is 0 Å². The molecule has 0 radical (unpaired) electrons. The van der Waals surface area contributed by atoms with Crippen LogP contribution in [0.4, 0.5) is 0 Å². The standard InChI is InChI=1S/C24H42/c1-12-21(4,5)17-22(6,7)19-14-13-15-20(16-19)24(10,11)23(8,9)18(2)3/h13-16,18H,12,17H2,1-11H3. The van der Waals surface area contributed by atoms with Crippen LogP contribution in [0.15, 0.2) is 24.3 Å². The highest BCUT2D eigenvalue weighted by molar-refractivity contribution is 5.35. The summed E-state index contributed by atoms with van der Waals surface area (Å²) in [5.74, 6) is 0.642. The maximum Gasteiger partial charge on any atom is -0.00499 e. The number of hydrogen-bond acceptors (Lipinski definition) is 0. The van der Waals surface area contributed by atoms with Crippen molar-refractivity contribution in [2.24, 2.45) is 16.7 Å². The Bertz CT molecular complexity index is 541. The summed E-state index contributed by atoms with van der Waals surface area (Å²) in [4.78, 5) is 0. The molecule has 0 fully saturated rings. The molecule has 1 aromatic rings. The molecule has 138 valence electrons. The third-order valence-corrected chi connectivity index (χ3v) is 7.30. The lowest BCUT2D eigenvalue weighted by Crippen LogP contribution is -2.40. The monoisotopic (exact) mass is 330 g/mol. The predicted molar refractivity (Wildman–Crippen MR) is 110 cm³/mol. The van der Waals surface area contributed by atoms with Crippen molar-refractivity contribution in [1.29, 1.82) is 0 Å². The van der Waals surface area contributed by atoms with Crippen molar-refractivity contribution in [2.45, 2.75) is 99.8 Å². The maximum absolute atomic E-state index is 2.48. The predicted octanol–water partition coefficient (Wildman–Crippen LogP) is 7.75. The van der Waals surface area contributed by atoms with Gasteiger partial charge in [-0.1, -0.05) is 107 Å². The molecular formula is C24H42. The summed E-state index contributed by atoms with van der Waals surface area (Å²) in [6.07, 6.45) is 2.44. The molecule has 24 heavy (non-hydrogen) atoms.